The van der Waals surface area contributed by atoms with Gasteiger partial charge in [0.15, 0.2) is 11.2 Å². The lowest BCUT2D eigenvalue weighted by Crippen LogP contribution is -3.14. The number of carbonyl (C=O) groups excluding carboxylic acids is 1. The quantitative estimate of drug-likeness (QED) is 0.340. The van der Waals surface area contributed by atoms with Gasteiger partial charge < -0.3 is 24.4 Å². The Morgan fingerprint density at radius 1 is 1.22 bits per heavy atom. The lowest BCUT2D eigenvalue weighted by Gasteiger charge is -2.24. The molecule has 0 aliphatic carbocycles. The van der Waals surface area contributed by atoms with Gasteiger partial charge in [0.1, 0.15) is 24.6 Å². The van der Waals surface area contributed by atoms with E-state index >= 15 is 0 Å². The van der Waals surface area contributed by atoms with Crippen molar-refractivity contribution in [2.24, 2.45) is 0 Å². The number of hydrogen-bond donors (Lipinski definition) is 4. The molecule has 1 atom stereocenters. The molecule has 1 aliphatic rings. The minimum absolute atomic E-state index is 0.313. The standard InChI is InChI=1S/C18H28N4O4S/c1-3-25-15-4-6-16(7-5-15)26-14(2)17(23)20-21-18(27)19-8-9-22-10-12-24-13-11-22/h4-7,14H,3,8-13H2,1-2H3,(H,20,23)(H2,19,21,27)/p+1/t14-/m0/s1. The molecule has 0 saturated carbocycles. The molecule has 2 rings (SSSR count). The number of hydrazine groups is 1. The van der Waals surface area contributed by atoms with Crippen molar-refractivity contribution in [1.29, 1.82) is 0 Å². The van der Waals surface area contributed by atoms with E-state index in [-0.39, 0.29) is 5.91 Å². The Labute approximate surface area is 165 Å². The van der Waals surface area contributed by atoms with E-state index in [0.29, 0.717) is 17.5 Å². The van der Waals surface area contributed by atoms with Gasteiger partial charge >= 0.3 is 0 Å². The molecule has 1 fully saturated rings. The zero-order valence-electron chi connectivity index (χ0n) is 15.9. The van der Waals surface area contributed by atoms with Crippen LogP contribution < -0.4 is 30.5 Å². The van der Waals surface area contributed by atoms with Gasteiger partial charge in [-0.2, -0.15) is 0 Å². The van der Waals surface area contributed by atoms with Crippen LogP contribution in [0.3, 0.4) is 0 Å². The topological polar surface area (TPSA) is 85.3 Å². The molecule has 0 aromatic heterocycles. The maximum absolute atomic E-state index is 12.1. The van der Waals surface area contributed by atoms with Crippen LogP contribution in [0.1, 0.15) is 13.8 Å². The number of ether oxygens (including phenoxy) is 3. The van der Waals surface area contributed by atoms with E-state index in [9.17, 15) is 4.79 Å². The first-order valence-electron chi connectivity index (χ1n) is 9.23. The van der Waals surface area contributed by atoms with Crippen LogP contribution >= 0.6 is 12.2 Å². The highest BCUT2D eigenvalue weighted by Crippen LogP contribution is 2.18. The van der Waals surface area contributed by atoms with Gasteiger partial charge in [-0.15, -0.1) is 0 Å². The Kier molecular flexibility index (Phi) is 9.09. The highest BCUT2D eigenvalue weighted by atomic mass is 32.1. The Morgan fingerprint density at radius 2 is 1.89 bits per heavy atom. The van der Waals surface area contributed by atoms with Crippen LogP contribution in [-0.2, 0) is 9.53 Å². The second kappa shape index (κ2) is 11.6. The van der Waals surface area contributed by atoms with Gasteiger partial charge in [0.05, 0.1) is 32.9 Å². The van der Waals surface area contributed by atoms with Crippen LogP contribution in [0, 0.1) is 0 Å². The van der Waals surface area contributed by atoms with Crippen LogP contribution in [0.2, 0.25) is 0 Å². The number of rotatable bonds is 8. The normalized spacial score (nSPS) is 15.5. The van der Waals surface area contributed by atoms with Gasteiger partial charge in [0, 0.05) is 0 Å². The van der Waals surface area contributed by atoms with E-state index in [0.717, 1.165) is 45.1 Å². The van der Waals surface area contributed by atoms with Crippen molar-refractivity contribution < 1.29 is 23.9 Å². The second-order valence-electron chi connectivity index (χ2n) is 6.15. The molecule has 1 aromatic rings. The van der Waals surface area contributed by atoms with Crippen LogP contribution in [0.4, 0.5) is 0 Å². The van der Waals surface area contributed by atoms with E-state index < -0.39 is 6.10 Å². The molecule has 1 saturated heterocycles. The number of morpholine rings is 1. The zero-order valence-corrected chi connectivity index (χ0v) is 16.7. The maximum atomic E-state index is 12.1. The van der Waals surface area contributed by atoms with Gasteiger partial charge in [-0.05, 0) is 50.3 Å². The van der Waals surface area contributed by atoms with Gasteiger partial charge in [-0.3, -0.25) is 15.6 Å². The largest absolute Gasteiger partial charge is 0.494 e. The Balaban J connectivity index is 1.62. The minimum atomic E-state index is -0.670. The van der Waals surface area contributed by atoms with Crippen LogP contribution in [0.5, 0.6) is 11.5 Å². The molecule has 1 heterocycles. The molecule has 27 heavy (non-hydrogen) atoms. The number of hydrogen-bond acceptors (Lipinski definition) is 5. The SMILES string of the molecule is CCOc1ccc(O[C@@H](C)C(=O)NNC(=S)NCC[NH+]2CCOCC2)cc1. The summed E-state index contributed by atoms with van der Waals surface area (Å²) >= 11 is 5.17. The maximum Gasteiger partial charge on any atom is 0.279 e. The smallest absolute Gasteiger partial charge is 0.279 e. The molecule has 0 radical (unpaired) electrons. The summed E-state index contributed by atoms with van der Waals surface area (Å²) in [6.45, 7) is 9.52. The predicted molar refractivity (Wildman–Crippen MR) is 106 cm³/mol. The van der Waals surface area contributed by atoms with E-state index in [1.165, 1.54) is 4.90 Å². The lowest BCUT2D eigenvalue weighted by molar-refractivity contribution is -0.906. The first-order chi connectivity index (χ1) is 13.1. The molecule has 1 aliphatic heterocycles. The van der Waals surface area contributed by atoms with Crippen LogP contribution in [-0.4, -0.2) is 63.1 Å². The summed E-state index contributed by atoms with van der Waals surface area (Å²) < 4.78 is 16.3. The van der Waals surface area contributed by atoms with Crippen molar-refractivity contribution in [1.82, 2.24) is 16.2 Å². The third-order valence-corrected chi connectivity index (χ3v) is 4.33. The zero-order chi connectivity index (χ0) is 19.5. The number of quaternary nitrogens is 1. The van der Waals surface area contributed by atoms with Crippen molar-refractivity contribution >= 4 is 23.2 Å². The fraction of sp³-hybridized carbons (Fsp3) is 0.556. The predicted octanol–water partition coefficient (Wildman–Crippen LogP) is -0.737. The van der Waals surface area contributed by atoms with Crippen molar-refractivity contribution in [3.63, 3.8) is 0 Å². The Hall–Kier alpha value is -2.10. The van der Waals surface area contributed by atoms with E-state index in [1.807, 2.05) is 6.92 Å². The van der Waals surface area contributed by atoms with Crippen molar-refractivity contribution in [3.8, 4) is 11.5 Å². The molecule has 150 valence electrons. The molecule has 9 heteroatoms. The van der Waals surface area contributed by atoms with Crippen LogP contribution in [0.15, 0.2) is 24.3 Å². The van der Waals surface area contributed by atoms with Gasteiger partial charge in [0.2, 0.25) is 0 Å². The number of carbonyl (C=O) groups is 1. The minimum Gasteiger partial charge on any atom is -0.494 e. The fourth-order valence-electron chi connectivity index (χ4n) is 2.57. The summed E-state index contributed by atoms with van der Waals surface area (Å²) in [7, 11) is 0. The average Bonchev–Trinajstić information content (AvgIpc) is 2.68. The van der Waals surface area contributed by atoms with Crippen molar-refractivity contribution in [2.45, 2.75) is 20.0 Å². The van der Waals surface area contributed by atoms with E-state index in [1.54, 1.807) is 31.2 Å². The highest BCUT2D eigenvalue weighted by molar-refractivity contribution is 7.80. The average molecular weight is 398 g/mol. The third-order valence-electron chi connectivity index (χ3n) is 4.08. The second-order valence-corrected chi connectivity index (χ2v) is 6.56. The molecule has 1 aromatic carbocycles. The summed E-state index contributed by atoms with van der Waals surface area (Å²) in [5.41, 5.74) is 5.25. The molecule has 0 bridgehead atoms. The molecular formula is C18H29N4O4S+. The molecule has 1 amide bonds. The van der Waals surface area contributed by atoms with Gasteiger partial charge in [-0.1, -0.05) is 0 Å². The third kappa shape index (κ3) is 7.98. The fourth-order valence-corrected chi connectivity index (χ4v) is 2.72. The van der Waals surface area contributed by atoms with Crippen molar-refractivity contribution in [2.75, 3.05) is 46.0 Å². The summed E-state index contributed by atoms with van der Waals surface area (Å²) in [5, 5.41) is 3.46. The highest BCUT2D eigenvalue weighted by Gasteiger charge is 2.15. The Bertz CT molecular complexity index is 594. The molecule has 8 nitrogen and oxygen atoms in total. The first-order valence-corrected chi connectivity index (χ1v) is 9.64. The number of nitrogens with one attached hydrogen (secondary N) is 4. The van der Waals surface area contributed by atoms with Gasteiger partial charge in [-0.25, -0.2) is 0 Å². The van der Waals surface area contributed by atoms with E-state index in [2.05, 4.69) is 16.2 Å². The number of amides is 1. The first kappa shape index (κ1) is 21.2. The summed E-state index contributed by atoms with van der Waals surface area (Å²) in [5.74, 6) is 1.04. The Morgan fingerprint density at radius 3 is 2.56 bits per heavy atom. The van der Waals surface area contributed by atoms with Gasteiger partial charge in [0.25, 0.3) is 5.91 Å². The number of benzene rings is 1. The van der Waals surface area contributed by atoms with E-state index in [4.69, 9.17) is 26.4 Å². The molecular weight excluding hydrogens is 368 g/mol. The summed E-state index contributed by atoms with van der Waals surface area (Å²) in [4.78, 5) is 13.6. The van der Waals surface area contributed by atoms with Crippen molar-refractivity contribution in [3.05, 3.63) is 24.3 Å². The molecule has 4 N–H and O–H groups in total. The lowest BCUT2D eigenvalue weighted by atomic mass is 10.3. The van der Waals surface area contributed by atoms with Crippen LogP contribution in [0.25, 0.3) is 0 Å². The molecule has 0 spiro atoms. The summed E-state index contributed by atoms with van der Waals surface area (Å²) in [6.07, 6.45) is -0.670. The monoisotopic (exact) mass is 397 g/mol. The molecule has 0 unspecified atom stereocenters. The number of thiocarbonyl (C=S) groups is 1. The summed E-state index contributed by atoms with van der Waals surface area (Å²) in [6, 6.07) is 7.14.